The summed E-state index contributed by atoms with van der Waals surface area (Å²) in [5.41, 5.74) is 0.618. The normalized spacial score (nSPS) is 51.8. The molecule has 3 saturated carbocycles. The van der Waals surface area contributed by atoms with Crippen LogP contribution in [0.5, 0.6) is 0 Å². The van der Waals surface area contributed by atoms with E-state index in [4.69, 9.17) is 47.4 Å². The summed E-state index contributed by atoms with van der Waals surface area (Å²) in [5.74, 6) is 1.16. The molecule has 0 aromatic heterocycles. The number of fused-ring (bicyclic) bond motifs is 5. The van der Waals surface area contributed by atoms with Crippen LogP contribution in [0.3, 0.4) is 0 Å². The lowest BCUT2D eigenvalue weighted by Gasteiger charge is -2.59. The van der Waals surface area contributed by atoms with Crippen molar-refractivity contribution in [3.05, 3.63) is 11.6 Å². The molecule has 5 saturated heterocycles. The van der Waals surface area contributed by atoms with Gasteiger partial charge in [-0.2, -0.15) is 0 Å². The van der Waals surface area contributed by atoms with Gasteiger partial charge in [0.15, 0.2) is 31.5 Å². The van der Waals surface area contributed by atoms with E-state index in [1.54, 1.807) is 0 Å². The van der Waals surface area contributed by atoms with Crippen LogP contribution in [0.15, 0.2) is 11.6 Å². The molecule has 0 amide bonds. The Kier molecular flexibility index (Phi) is 22.8. The molecule has 9 aliphatic rings. The maximum atomic E-state index is 12.0. The largest absolute Gasteiger partial charge is 0.394 e. The summed E-state index contributed by atoms with van der Waals surface area (Å²) in [5, 5.41) is 204. The van der Waals surface area contributed by atoms with Crippen LogP contribution in [0.25, 0.3) is 0 Å². The lowest BCUT2D eigenvalue weighted by Crippen LogP contribution is -2.69. The van der Waals surface area contributed by atoms with Gasteiger partial charge in [0.25, 0.3) is 0 Å². The standard InChI is InChI=1S/C57H96O29/c1-21(20-77-51-44(73)40(69)36(65)31(15-58)79-51)5-10-28(63)22(2)25-8-9-26-24-7-6-23-13-30(29(64)14-57(23,4)27(24)11-12-56(25,26)3)78-52-47(76)43(72)48(35(19-62)83-52)84-55-50(86-54-46(75)42(71)38(67)33(17-60)81-54)49(39(68)34(18-61)82-55)85-53-45(74)41(70)37(66)32(16-59)80-53/h13,21-22,24-55,58-76H,5-12,14-20H2,1-4H3. The number of aliphatic hydroxyl groups excluding tert-OH is 19. The molecular formula is C57H96O29. The number of ether oxygens (including phenoxy) is 10. The van der Waals surface area contributed by atoms with E-state index in [0.717, 1.165) is 37.7 Å². The van der Waals surface area contributed by atoms with Gasteiger partial charge in [0.2, 0.25) is 0 Å². The van der Waals surface area contributed by atoms with E-state index in [0.29, 0.717) is 37.5 Å². The van der Waals surface area contributed by atoms with E-state index in [2.05, 4.69) is 20.8 Å². The predicted octanol–water partition coefficient (Wildman–Crippen LogP) is -6.58. The number of aliphatic hydroxyl groups is 19. The molecule has 8 fully saturated rings. The topological polar surface area (TPSA) is 477 Å². The van der Waals surface area contributed by atoms with Gasteiger partial charge in [-0.1, -0.05) is 39.3 Å². The van der Waals surface area contributed by atoms with Crippen molar-refractivity contribution in [1.29, 1.82) is 0 Å². The third-order valence-corrected chi connectivity index (χ3v) is 21.3. The van der Waals surface area contributed by atoms with Gasteiger partial charge in [-0.15, -0.1) is 0 Å². The van der Waals surface area contributed by atoms with Crippen LogP contribution in [0.4, 0.5) is 0 Å². The lowest BCUT2D eigenvalue weighted by molar-refractivity contribution is -0.406. The Balaban J connectivity index is 0.844. The van der Waals surface area contributed by atoms with Crippen LogP contribution in [0.1, 0.15) is 85.5 Å². The van der Waals surface area contributed by atoms with E-state index >= 15 is 0 Å². The van der Waals surface area contributed by atoms with Crippen molar-refractivity contribution < 1.29 is 144 Å². The molecule has 9 rings (SSSR count). The first kappa shape index (κ1) is 68.9. The second-order valence-corrected chi connectivity index (χ2v) is 26.4. The van der Waals surface area contributed by atoms with Gasteiger partial charge in [-0.3, -0.25) is 0 Å². The zero-order valence-electron chi connectivity index (χ0n) is 48.9. The van der Waals surface area contributed by atoms with Crippen LogP contribution in [0.2, 0.25) is 0 Å². The van der Waals surface area contributed by atoms with Gasteiger partial charge in [0.05, 0.1) is 51.8 Å². The Labute approximate surface area is 498 Å². The molecule has 0 aromatic rings. The minimum atomic E-state index is -2.09. The fourth-order valence-corrected chi connectivity index (χ4v) is 16.1. The summed E-state index contributed by atoms with van der Waals surface area (Å²) in [6, 6.07) is 0. The van der Waals surface area contributed by atoms with Crippen LogP contribution in [0, 0.1) is 46.3 Å². The van der Waals surface area contributed by atoms with Gasteiger partial charge in [-0.25, -0.2) is 0 Å². The maximum absolute atomic E-state index is 12.0. The molecule has 0 bridgehead atoms. The second kappa shape index (κ2) is 28.4. The quantitative estimate of drug-likeness (QED) is 0.0475. The highest BCUT2D eigenvalue weighted by Crippen LogP contribution is 2.68. The molecular weight excluding hydrogens is 1150 g/mol. The Hall–Kier alpha value is -1.42. The average molecular weight is 1250 g/mol. The minimum absolute atomic E-state index is 0.00313. The van der Waals surface area contributed by atoms with E-state index < -0.39 is 210 Å². The SMILES string of the molecule is CC(CCC(O)C(C)C1CCC2C3CCC4=CC(OC5OC(CO)C(OC6OC(CO)C(O)C(OC7OC(CO)C(O)C(O)C7O)C6OC6OC(CO)C(O)C(O)C6O)C(O)C5O)C(O)CC4(C)C3CCC12C)COC1OC(CO)C(O)C(O)C1O. The third-order valence-electron chi connectivity index (χ3n) is 21.3. The maximum Gasteiger partial charge on any atom is 0.187 e. The molecule has 29 nitrogen and oxygen atoms in total. The molecule has 5 heterocycles. The van der Waals surface area contributed by atoms with Gasteiger partial charge in [0, 0.05) is 0 Å². The summed E-state index contributed by atoms with van der Waals surface area (Å²) in [6.07, 6.45) is -38.4. The number of hydrogen-bond acceptors (Lipinski definition) is 29. The summed E-state index contributed by atoms with van der Waals surface area (Å²) >= 11 is 0. The Morgan fingerprint density at radius 3 is 1.53 bits per heavy atom. The number of rotatable bonds is 21. The molecule has 498 valence electrons. The second-order valence-electron chi connectivity index (χ2n) is 26.4. The average Bonchev–Trinajstić information content (AvgIpc) is 1.37. The fourth-order valence-electron chi connectivity index (χ4n) is 16.1. The fraction of sp³-hybridized carbons (Fsp3) is 0.965. The van der Waals surface area contributed by atoms with Crippen LogP contribution in [-0.2, 0) is 47.4 Å². The zero-order valence-corrected chi connectivity index (χ0v) is 48.9. The van der Waals surface area contributed by atoms with Gasteiger partial charge >= 0.3 is 0 Å². The molecule has 36 unspecified atom stereocenters. The first-order valence-electron chi connectivity index (χ1n) is 30.6. The highest BCUT2D eigenvalue weighted by molar-refractivity contribution is 5.27. The van der Waals surface area contributed by atoms with Crippen molar-refractivity contribution in [2.24, 2.45) is 46.3 Å². The molecule has 0 spiro atoms. The van der Waals surface area contributed by atoms with Crippen LogP contribution in [-0.4, -0.2) is 309 Å². The minimum Gasteiger partial charge on any atom is -0.394 e. The van der Waals surface area contributed by atoms with E-state index in [9.17, 15) is 97.0 Å². The van der Waals surface area contributed by atoms with Crippen molar-refractivity contribution in [2.75, 3.05) is 39.6 Å². The Morgan fingerprint density at radius 1 is 0.488 bits per heavy atom. The smallest absolute Gasteiger partial charge is 0.187 e. The highest BCUT2D eigenvalue weighted by Gasteiger charge is 2.62. The monoisotopic (exact) mass is 1240 g/mol. The van der Waals surface area contributed by atoms with Crippen molar-refractivity contribution in [3.63, 3.8) is 0 Å². The van der Waals surface area contributed by atoms with Crippen molar-refractivity contribution in [3.8, 4) is 0 Å². The van der Waals surface area contributed by atoms with Crippen molar-refractivity contribution in [2.45, 2.75) is 257 Å². The molecule has 29 heteroatoms. The van der Waals surface area contributed by atoms with E-state index in [1.165, 1.54) is 0 Å². The predicted molar refractivity (Wildman–Crippen MR) is 286 cm³/mol. The lowest BCUT2D eigenvalue weighted by atomic mass is 9.46. The molecule has 5 aliphatic heterocycles. The van der Waals surface area contributed by atoms with Gasteiger partial charge in [-0.05, 0) is 104 Å². The van der Waals surface area contributed by atoms with E-state index in [1.807, 2.05) is 13.0 Å². The Bertz CT molecular complexity index is 2180. The van der Waals surface area contributed by atoms with Gasteiger partial charge < -0.3 is 144 Å². The summed E-state index contributed by atoms with van der Waals surface area (Å²) in [6.45, 7) is 4.57. The van der Waals surface area contributed by atoms with Crippen LogP contribution >= 0.6 is 0 Å². The Morgan fingerprint density at radius 2 is 0.965 bits per heavy atom. The third kappa shape index (κ3) is 13.3. The first-order chi connectivity index (χ1) is 40.8. The number of allylic oxidation sites excluding steroid dienone is 1. The molecule has 86 heavy (non-hydrogen) atoms. The summed E-state index contributed by atoms with van der Waals surface area (Å²) in [7, 11) is 0. The summed E-state index contributed by atoms with van der Waals surface area (Å²) < 4.78 is 58.8. The summed E-state index contributed by atoms with van der Waals surface area (Å²) in [4.78, 5) is 0. The van der Waals surface area contributed by atoms with E-state index in [-0.39, 0.29) is 35.7 Å². The molecule has 0 aromatic carbocycles. The first-order valence-corrected chi connectivity index (χ1v) is 30.6. The zero-order chi connectivity index (χ0) is 62.6. The highest BCUT2D eigenvalue weighted by atomic mass is 16.8. The van der Waals surface area contributed by atoms with Crippen molar-refractivity contribution in [1.82, 2.24) is 0 Å². The molecule has 19 N–H and O–H groups in total. The molecule has 0 radical (unpaired) electrons. The number of hydrogen-bond donors (Lipinski definition) is 19. The van der Waals surface area contributed by atoms with Gasteiger partial charge in [0.1, 0.15) is 128 Å². The molecule has 36 atom stereocenters. The van der Waals surface area contributed by atoms with Crippen molar-refractivity contribution >= 4 is 0 Å². The van der Waals surface area contributed by atoms with Crippen LogP contribution < -0.4 is 0 Å². The molecule has 4 aliphatic carbocycles.